The Morgan fingerprint density at radius 3 is 2.12 bits per heavy atom. The van der Waals surface area contributed by atoms with E-state index < -0.39 is 41.5 Å². The topological polar surface area (TPSA) is 79.5 Å². The Kier molecular flexibility index (Phi) is 5.64. The third-order valence-electron chi connectivity index (χ3n) is 4.87. The lowest BCUT2D eigenvalue weighted by Crippen LogP contribution is -2.39. The first-order chi connectivity index (χ1) is 12.1. The van der Waals surface area contributed by atoms with Crippen LogP contribution in [0, 0.1) is 16.7 Å². The van der Waals surface area contributed by atoms with E-state index in [2.05, 4.69) is 15.5 Å². The van der Waals surface area contributed by atoms with Crippen molar-refractivity contribution in [3.05, 3.63) is 23.8 Å². The summed E-state index contributed by atoms with van der Waals surface area (Å²) in [5, 5.41) is 19.0. The van der Waals surface area contributed by atoms with Crippen LogP contribution in [0.5, 0.6) is 11.5 Å². The number of rotatable bonds is 6. The van der Waals surface area contributed by atoms with Crippen molar-refractivity contribution in [2.24, 2.45) is 5.41 Å². The van der Waals surface area contributed by atoms with E-state index in [-0.39, 0.29) is 25.7 Å². The number of carbonyl (C=O) groups is 1. The van der Waals surface area contributed by atoms with E-state index >= 15 is 0 Å². The standard InChI is InChI=1S/C17H17F4NO4/c1-16(13(23)24)4-6-17(9-22,7-5-16)10-2-3-11(25-14(18)19)12(8-10)26-15(20)21/h2-3,8,14-15H,4-7H2,1H3,(H,23,24)/t16-,17-. The predicted molar refractivity (Wildman–Crippen MR) is 81.2 cm³/mol. The molecule has 142 valence electrons. The van der Waals surface area contributed by atoms with Gasteiger partial charge in [-0.15, -0.1) is 0 Å². The molecule has 26 heavy (non-hydrogen) atoms. The number of alkyl halides is 4. The molecule has 0 radical (unpaired) electrons. The third-order valence-corrected chi connectivity index (χ3v) is 4.87. The summed E-state index contributed by atoms with van der Waals surface area (Å²) in [5.41, 5.74) is -1.79. The van der Waals surface area contributed by atoms with E-state index in [0.717, 1.165) is 12.1 Å². The Bertz CT molecular complexity index is 709. The molecular weight excluding hydrogens is 358 g/mol. The molecule has 1 aromatic carbocycles. The maximum absolute atomic E-state index is 12.6. The van der Waals surface area contributed by atoms with Gasteiger partial charge in [0.05, 0.1) is 16.9 Å². The summed E-state index contributed by atoms with van der Waals surface area (Å²) in [6.45, 7) is -4.90. The molecule has 0 aromatic heterocycles. The monoisotopic (exact) mass is 375 g/mol. The van der Waals surface area contributed by atoms with E-state index in [0.29, 0.717) is 5.56 Å². The smallest absolute Gasteiger partial charge is 0.387 e. The molecule has 0 amide bonds. The Labute approximate surface area is 147 Å². The Morgan fingerprint density at radius 2 is 1.65 bits per heavy atom. The number of hydrogen-bond acceptors (Lipinski definition) is 4. The van der Waals surface area contributed by atoms with E-state index in [1.807, 2.05) is 0 Å². The maximum atomic E-state index is 12.6. The number of carboxylic acid groups (broad SMARTS) is 1. The van der Waals surface area contributed by atoms with Crippen LogP contribution in [0.3, 0.4) is 0 Å². The van der Waals surface area contributed by atoms with Crippen LogP contribution in [0.4, 0.5) is 17.6 Å². The van der Waals surface area contributed by atoms with Crippen molar-refractivity contribution >= 4 is 5.97 Å². The molecule has 0 saturated heterocycles. The lowest BCUT2D eigenvalue weighted by molar-refractivity contribution is -0.150. The second kappa shape index (κ2) is 7.40. The molecule has 0 heterocycles. The van der Waals surface area contributed by atoms with Gasteiger partial charge in [0.15, 0.2) is 11.5 Å². The number of aliphatic carboxylic acids is 1. The molecule has 1 N–H and O–H groups in total. The average molecular weight is 375 g/mol. The van der Waals surface area contributed by atoms with Gasteiger partial charge in [-0.1, -0.05) is 6.07 Å². The lowest BCUT2D eigenvalue weighted by Gasteiger charge is -2.39. The van der Waals surface area contributed by atoms with Crippen LogP contribution in [-0.2, 0) is 10.2 Å². The molecule has 1 aliphatic rings. The second-order valence-corrected chi connectivity index (χ2v) is 6.48. The van der Waals surface area contributed by atoms with Gasteiger partial charge < -0.3 is 14.6 Å². The largest absolute Gasteiger partial charge is 0.481 e. The number of halogens is 4. The number of hydrogen-bond donors (Lipinski definition) is 1. The van der Waals surface area contributed by atoms with Gasteiger partial charge in [0.25, 0.3) is 0 Å². The number of benzene rings is 1. The second-order valence-electron chi connectivity index (χ2n) is 6.48. The van der Waals surface area contributed by atoms with Crippen LogP contribution in [-0.4, -0.2) is 24.3 Å². The zero-order valence-electron chi connectivity index (χ0n) is 13.8. The molecule has 1 fully saturated rings. The summed E-state index contributed by atoms with van der Waals surface area (Å²) in [4.78, 5) is 11.4. The number of carboxylic acids is 1. The molecule has 1 aliphatic carbocycles. The highest BCUT2D eigenvalue weighted by Gasteiger charge is 2.45. The molecule has 0 unspecified atom stereocenters. The fourth-order valence-electron chi connectivity index (χ4n) is 3.09. The first-order valence-electron chi connectivity index (χ1n) is 7.81. The van der Waals surface area contributed by atoms with E-state index in [9.17, 15) is 32.7 Å². The van der Waals surface area contributed by atoms with Crippen LogP contribution in [0.1, 0.15) is 38.2 Å². The van der Waals surface area contributed by atoms with Gasteiger partial charge in [-0.3, -0.25) is 4.79 Å². The van der Waals surface area contributed by atoms with Crippen molar-refractivity contribution in [2.75, 3.05) is 0 Å². The van der Waals surface area contributed by atoms with E-state index in [1.165, 1.54) is 6.07 Å². The fraction of sp³-hybridized carbons (Fsp3) is 0.529. The quantitative estimate of drug-likeness (QED) is 0.750. The zero-order chi connectivity index (χ0) is 19.5. The van der Waals surface area contributed by atoms with Crippen molar-refractivity contribution < 1.29 is 36.9 Å². The highest BCUT2D eigenvalue weighted by Crippen LogP contribution is 2.48. The fourth-order valence-corrected chi connectivity index (χ4v) is 3.09. The minimum atomic E-state index is -3.26. The molecule has 2 rings (SSSR count). The molecule has 0 atom stereocenters. The first-order valence-corrected chi connectivity index (χ1v) is 7.81. The summed E-state index contributed by atoms with van der Waals surface area (Å²) in [7, 11) is 0. The number of nitrogens with zero attached hydrogens (tertiary/aromatic N) is 1. The summed E-state index contributed by atoms with van der Waals surface area (Å²) in [6, 6.07) is 5.59. The molecular formula is C17H17F4NO4. The van der Waals surface area contributed by atoms with Crippen molar-refractivity contribution in [1.29, 1.82) is 5.26 Å². The summed E-state index contributed by atoms with van der Waals surface area (Å²) >= 11 is 0. The van der Waals surface area contributed by atoms with Gasteiger partial charge in [0.1, 0.15) is 0 Å². The Morgan fingerprint density at radius 1 is 1.12 bits per heavy atom. The van der Waals surface area contributed by atoms with Crippen LogP contribution in [0.15, 0.2) is 18.2 Å². The van der Waals surface area contributed by atoms with Crippen LogP contribution in [0.2, 0.25) is 0 Å². The Hall–Kier alpha value is -2.50. The molecule has 9 heteroatoms. The van der Waals surface area contributed by atoms with Gasteiger partial charge in [0.2, 0.25) is 0 Å². The Balaban J connectivity index is 2.37. The van der Waals surface area contributed by atoms with Crippen LogP contribution >= 0.6 is 0 Å². The van der Waals surface area contributed by atoms with Gasteiger partial charge in [-0.2, -0.15) is 22.8 Å². The normalized spacial score (nSPS) is 25.8. The maximum Gasteiger partial charge on any atom is 0.387 e. The minimum absolute atomic E-state index is 0.190. The van der Waals surface area contributed by atoms with Gasteiger partial charge in [-0.05, 0) is 50.3 Å². The molecule has 1 saturated carbocycles. The van der Waals surface area contributed by atoms with E-state index in [1.54, 1.807) is 6.92 Å². The number of ether oxygens (including phenoxy) is 2. The molecule has 0 spiro atoms. The van der Waals surface area contributed by atoms with Crippen LogP contribution < -0.4 is 9.47 Å². The summed E-state index contributed by atoms with van der Waals surface area (Å²) in [6.07, 6.45) is 0.817. The van der Waals surface area contributed by atoms with Gasteiger partial charge in [-0.25, -0.2) is 0 Å². The highest BCUT2D eigenvalue weighted by molar-refractivity contribution is 5.74. The van der Waals surface area contributed by atoms with Gasteiger partial charge in [0, 0.05) is 0 Å². The SMILES string of the molecule is C[C@]1(C(=O)O)CC[C@](C#N)(c2ccc(OC(F)F)c(OC(F)F)c2)CC1. The molecule has 5 nitrogen and oxygen atoms in total. The summed E-state index contributed by atoms with van der Waals surface area (Å²) in [5.74, 6) is -2.13. The average Bonchev–Trinajstić information content (AvgIpc) is 2.56. The van der Waals surface area contributed by atoms with Crippen molar-refractivity contribution in [3.63, 3.8) is 0 Å². The van der Waals surface area contributed by atoms with Crippen LogP contribution in [0.25, 0.3) is 0 Å². The first kappa shape index (κ1) is 19.8. The molecule has 1 aromatic rings. The molecule has 0 aliphatic heterocycles. The molecule has 0 bridgehead atoms. The third kappa shape index (κ3) is 4.00. The van der Waals surface area contributed by atoms with Crippen molar-refractivity contribution in [1.82, 2.24) is 0 Å². The van der Waals surface area contributed by atoms with Crippen molar-refractivity contribution in [3.8, 4) is 17.6 Å². The highest BCUT2D eigenvalue weighted by atomic mass is 19.3. The minimum Gasteiger partial charge on any atom is -0.481 e. The summed E-state index contributed by atoms with van der Waals surface area (Å²) < 4.78 is 58.4. The number of nitriles is 1. The van der Waals surface area contributed by atoms with E-state index in [4.69, 9.17) is 0 Å². The predicted octanol–water partition coefficient (Wildman–Crippen LogP) is 4.32. The van der Waals surface area contributed by atoms with Crippen molar-refractivity contribution in [2.45, 2.75) is 51.2 Å². The van der Waals surface area contributed by atoms with Gasteiger partial charge >= 0.3 is 19.2 Å². The lowest BCUT2D eigenvalue weighted by atomic mass is 9.62. The zero-order valence-corrected chi connectivity index (χ0v) is 13.8.